The molecule has 0 radical (unpaired) electrons. The van der Waals surface area contributed by atoms with E-state index >= 15 is 0 Å². The number of aromatic nitrogens is 3. The standard InChI is InChI=1S/C5H5N3O/c1-8-2-4-5(7-8)9-3-6-4/h2-3H,1H3. The van der Waals surface area contributed by atoms with Crippen LogP contribution in [0.1, 0.15) is 0 Å². The topological polar surface area (TPSA) is 43.9 Å². The monoisotopic (exact) mass is 123 g/mol. The van der Waals surface area contributed by atoms with Crippen LogP contribution in [-0.4, -0.2) is 14.8 Å². The molecule has 0 N–H and O–H groups in total. The third-order valence-electron chi connectivity index (χ3n) is 1.13. The van der Waals surface area contributed by atoms with Crippen LogP contribution in [-0.2, 0) is 7.05 Å². The Morgan fingerprint density at radius 1 is 1.67 bits per heavy atom. The minimum atomic E-state index is 0.595. The van der Waals surface area contributed by atoms with E-state index in [1.54, 1.807) is 10.9 Å². The van der Waals surface area contributed by atoms with E-state index < -0.39 is 0 Å². The van der Waals surface area contributed by atoms with Crippen molar-refractivity contribution >= 4 is 11.2 Å². The minimum Gasteiger partial charge on any atom is -0.424 e. The molecular weight excluding hydrogens is 118 g/mol. The van der Waals surface area contributed by atoms with E-state index in [9.17, 15) is 0 Å². The van der Waals surface area contributed by atoms with Crippen molar-refractivity contribution in [2.75, 3.05) is 0 Å². The second kappa shape index (κ2) is 1.34. The maximum atomic E-state index is 4.90. The Balaban J connectivity index is 2.92. The molecule has 0 unspecified atom stereocenters. The third kappa shape index (κ3) is 0.526. The highest BCUT2D eigenvalue weighted by Gasteiger charge is 1.99. The molecule has 0 atom stereocenters. The summed E-state index contributed by atoms with van der Waals surface area (Å²) in [5, 5.41) is 3.96. The molecule has 0 amide bonds. The van der Waals surface area contributed by atoms with E-state index in [0.29, 0.717) is 5.71 Å². The molecule has 0 fully saturated rings. The average molecular weight is 123 g/mol. The van der Waals surface area contributed by atoms with Crippen molar-refractivity contribution in [3.63, 3.8) is 0 Å². The van der Waals surface area contributed by atoms with Gasteiger partial charge < -0.3 is 4.42 Å². The van der Waals surface area contributed by atoms with Gasteiger partial charge >= 0.3 is 0 Å². The smallest absolute Gasteiger partial charge is 0.265 e. The zero-order valence-electron chi connectivity index (χ0n) is 4.90. The van der Waals surface area contributed by atoms with E-state index in [-0.39, 0.29) is 0 Å². The van der Waals surface area contributed by atoms with Crippen LogP contribution in [0.3, 0.4) is 0 Å². The minimum absolute atomic E-state index is 0.595. The summed E-state index contributed by atoms with van der Waals surface area (Å²) < 4.78 is 6.56. The SMILES string of the molecule is Cn1cc2ncoc2n1. The Hall–Kier alpha value is -1.32. The van der Waals surface area contributed by atoms with E-state index in [0.717, 1.165) is 5.52 Å². The molecule has 4 heteroatoms. The summed E-state index contributed by atoms with van der Waals surface area (Å²) >= 11 is 0. The molecule has 4 nitrogen and oxygen atoms in total. The molecule has 2 aromatic heterocycles. The van der Waals surface area contributed by atoms with Crippen LogP contribution in [0.15, 0.2) is 17.0 Å². The quantitative estimate of drug-likeness (QED) is 0.514. The number of aryl methyl sites for hydroxylation is 1. The fourth-order valence-electron chi connectivity index (χ4n) is 0.761. The molecule has 0 saturated carbocycles. The molecule has 9 heavy (non-hydrogen) atoms. The lowest BCUT2D eigenvalue weighted by Crippen LogP contribution is -1.84. The van der Waals surface area contributed by atoms with Crippen molar-refractivity contribution in [2.45, 2.75) is 0 Å². The highest BCUT2D eigenvalue weighted by atomic mass is 16.3. The molecule has 0 aliphatic rings. The molecule has 0 bridgehead atoms. The zero-order chi connectivity index (χ0) is 6.27. The predicted octanol–water partition coefficient (Wildman–Crippen LogP) is 0.561. The van der Waals surface area contributed by atoms with E-state index in [2.05, 4.69) is 10.1 Å². The van der Waals surface area contributed by atoms with Gasteiger partial charge in [-0.15, -0.1) is 5.10 Å². The van der Waals surface area contributed by atoms with Gasteiger partial charge in [0, 0.05) is 7.05 Å². The van der Waals surface area contributed by atoms with Gasteiger partial charge in [-0.3, -0.25) is 4.68 Å². The number of oxazole rings is 1. The van der Waals surface area contributed by atoms with Gasteiger partial charge in [0.1, 0.15) is 5.52 Å². The van der Waals surface area contributed by atoms with Gasteiger partial charge in [0.25, 0.3) is 5.71 Å². The second-order valence-electron chi connectivity index (χ2n) is 1.85. The van der Waals surface area contributed by atoms with E-state index in [4.69, 9.17) is 4.42 Å². The van der Waals surface area contributed by atoms with Crippen LogP contribution in [0, 0.1) is 0 Å². The van der Waals surface area contributed by atoms with Gasteiger partial charge in [-0.1, -0.05) is 0 Å². The molecule has 46 valence electrons. The molecule has 0 spiro atoms. The maximum Gasteiger partial charge on any atom is 0.265 e. The molecule has 0 saturated heterocycles. The van der Waals surface area contributed by atoms with Crippen LogP contribution in [0.2, 0.25) is 0 Å². The lowest BCUT2D eigenvalue weighted by Gasteiger charge is -1.78. The fourth-order valence-corrected chi connectivity index (χ4v) is 0.761. The van der Waals surface area contributed by atoms with Crippen molar-refractivity contribution < 1.29 is 4.42 Å². The summed E-state index contributed by atoms with van der Waals surface area (Å²) in [6.45, 7) is 0. The number of nitrogens with zero attached hydrogens (tertiary/aromatic N) is 3. The Kier molecular flexibility index (Phi) is 0.677. The number of hydrogen-bond donors (Lipinski definition) is 0. The van der Waals surface area contributed by atoms with Crippen molar-refractivity contribution in [1.29, 1.82) is 0 Å². The summed E-state index contributed by atoms with van der Waals surface area (Å²) in [4.78, 5) is 3.89. The first kappa shape index (κ1) is 4.55. The maximum absolute atomic E-state index is 4.90. The first-order valence-corrected chi connectivity index (χ1v) is 2.59. The number of fused-ring (bicyclic) bond motifs is 1. The Morgan fingerprint density at radius 3 is 3.33 bits per heavy atom. The Labute approximate surface area is 51.1 Å². The van der Waals surface area contributed by atoms with Crippen molar-refractivity contribution in [1.82, 2.24) is 14.8 Å². The Bertz CT molecular complexity index is 293. The lowest BCUT2D eigenvalue weighted by molar-refractivity contribution is 0.575. The van der Waals surface area contributed by atoms with Crippen LogP contribution in [0.5, 0.6) is 0 Å². The Morgan fingerprint density at radius 2 is 2.56 bits per heavy atom. The first-order chi connectivity index (χ1) is 4.36. The average Bonchev–Trinajstić information content (AvgIpc) is 2.22. The van der Waals surface area contributed by atoms with Gasteiger partial charge in [-0.25, -0.2) is 4.98 Å². The van der Waals surface area contributed by atoms with Crippen LogP contribution in [0.25, 0.3) is 11.2 Å². The van der Waals surface area contributed by atoms with Crippen LogP contribution in [0.4, 0.5) is 0 Å². The van der Waals surface area contributed by atoms with Gasteiger partial charge in [0.2, 0.25) is 0 Å². The van der Waals surface area contributed by atoms with Gasteiger partial charge in [-0.2, -0.15) is 0 Å². The molecule has 2 heterocycles. The first-order valence-electron chi connectivity index (χ1n) is 2.59. The fraction of sp³-hybridized carbons (Fsp3) is 0.200. The van der Waals surface area contributed by atoms with Gasteiger partial charge in [0.05, 0.1) is 6.20 Å². The summed E-state index contributed by atoms with van der Waals surface area (Å²) in [6.07, 6.45) is 3.19. The predicted molar refractivity (Wildman–Crippen MR) is 30.8 cm³/mol. The normalized spacial score (nSPS) is 10.8. The summed E-state index contributed by atoms with van der Waals surface area (Å²) in [6, 6.07) is 0. The van der Waals surface area contributed by atoms with Gasteiger partial charge in [-0.05, 0) is 0 Å². The molecule has 0 aliphatic heterocycles. The van der Waals surface area contributed by atoms with E-state index in [1.807, 2.05) is 7.05 Å². The van der Waals surface area contributed by atoms with E-state index in [1.165, 1.54) is 6.39 Å². The molecular formula is C5H5N3O. The van der Waals surface area contributed by atoms with Crippen molar-refractivity contribution in [3.05, 3.63) is 12.6 Å². The summed E-state index contributed by atoms with van der Waals surface area (Å²) in [5.41, 5.74) is 1.40. The van der Waals surface area contributed by atoms with Gasteiger partial charge in [0.15, 0.2) is 6.39 Å². The van der Waals surface area contributed by atoms with Crippen molar-refractivity contribution in [3.8, 4) is 0 Å². The highest BCUT2D eigenvalue weighted by Crippen LogP contribution is 2.06. The van der Waals surface area contributed by atoms with Crippen LogP contribution < -0.4 is 0 Å². The molecule has 0 aromatic carbocycles. The number of hydrogen-bond acceptors (Lipinski definition) is 3. The van der Waals surface area contributed by atoms with Crippen molar-refractivity contribution in [2.24, 2.45) is 7.05 Å². The lowest BCUT2D eigenvalue weighted by atomic mass is 10.6. The highest BCUT2D eigenvalue weighted by molar-refractivity contribution is 5.65. The third-order valence-corrected chi connectivity index (χ3v) is 1.13. The zero-order valence-corrected chi connectivity index (χ0v) is 4.90. The molecule has 0 aliphatic carbocycles. The van der Waals surface area contributed by atoms with Crippen LogP contribution >= 0.6 is 0 Å². The molecule has 2 rings (SSSR count). The summed E-state index contributed by atoms with van der Waals surface area (Å²) in [7, 11) is 1.83. The molecule has 2 aromatic rings. The summed E-state index contributed by atoms with van der Waals surface area (Å²) in [5.74, 6) is 0. The number of rotatable bonds is 0. The largest absolute Gasteiger partial charge is 0.424 e. The second-order valence-corrected chi connectivity index (χ2v) is 1.85.